The topological polar surface area (TPSA) is 75.3 Å². The fraction of sp³-hybridized carbons (Fsp3) is 0.909. The molecule has 0 spiro atoms. The molecule has 0 radical (unpaired) electrons. The van der Waals surface area contributed by atoms with E-state index < -0.39 is 9.84 Å². The molecule has 1 amide bonds. The molecule has 0 fully saturated rings. The number of amides is 1. The molecular formula is C11H24N2O3S. The van der Waals surface area contributed by atoms with Gasteiger partial charge in [-0.05, 0) is 25.9 Å². The summed E-state index contributed by atoms with van der Waals surface area (Å²) in [6, 6.07) is 0. The molecule has 0 heterocycles. The maximum atomic E-state index is 11.5. The summed E-state index contributed by atoms with van der Waals surface area (Å²) in [5.74, 6) is 0.0235. The minimum Gasteiger partial charge on any atom is -0.356 e. The Morgan fingerprint density at radius 1 is 1.24 bits per heavy atom. The first-order valence-electron chi connectivity index (χ1n) is 5.99. The Morgan fingerprint density at radius 2 is 1.88 bits per heavy atom. The summed E-state index contributed by atoms with van der Waals surface area (Å²) in [5, 5.41) is 5.67. The van der Waals surface area contributed by atoms with Crippen molar-refractivity contribution in [1.29, 1.82) is 0 Å². The number of sulfone groups is 1. The van der Waals surface area contributed by atoms with E-state index in [1.54, 1.807) is 0 Å². The van der Waals surface area contributed by atoms with Gasteiger partial charge < -0.3 is 10.6 Å². The molecule has 0 rings (SSSR count). The standard InChI is InChI=1S/C11H24N2O3S/c1-10(2)9-17(15,16)8-5-11(14)13-7-4-6-12-3/h10,12H,4-9H2,1-3H3,(H,13,14). The summed E-state index contributed by atoms with van der Waals surface area (Å²) >= 11 is 0. The molecule has 0 aliphatic heterocycles. The maximum Gasteiger partial charge on any atom is 0.221 e. The van der Waals surface area contributed by atoms with Crippen molar-refractivity contribution < 1.29 is 13.2 Å². The second kappa shape index (κ2) is 8.47. The highest BCUT2D eigenvalue weighted by molar-refractivity contribution is 7.91. The van der Waals surface area contributed by atoms with Gasteiger partial charge in [0.2, 0.25) is 5.91 Å². The predicted molar refractivity (Wildman–Crippen MR) is 69.7 cm³/mol. The molecule has 0 aliphatic carbocycles. The van der Waals surface area contributed by atoms with E-state index in [0.29, 0.717) is 6.54 Å². The number of hydrogen-bond acceptors (Lipinski definition) is 4. The van der Waals surface area contributed by atoms with Crippen LogP contribution in [0.1, 0.15) is 26.7 Å². The SMILES string of the molecule is CNCCCNC(=O)CCS(=O)(=O)CC(C)C. The van der Waals surface area contributed by atoms with Gasteiger partial charge in [-0.1, -0.05) is 13.8 Å². The number of rotatable bonds is 9. The average molecular weight is 264 g/mol. The predicted octanol–water partition coefficient (Wildman–Crippen LogP) is 0.173. The molecule has 0 atom stereocenters. The Hall–Kier alpha value is -0.620. The van der Waals surface area contributed by atoms with Crippen LogP contribution in [0.3, 0.4) is 0 Å². The quantitative estimate of drug-likeness (QED) is 0.582. The summed E-state index contributed by atoms with van der Waals surface area (Å²) in [4.78, 5) is 11.3. The number of hydrogen-bond donors (Lipinski definition) is 2. The second-order valence-electron chi connectivity index (χ2n) is 4.57. The normalized spacial score (nSPS) is 11.8. The molecule has 2 N–H and O–H groups in total. The molecule has 0 aromatic rings. The molecule has 5 nitrogen and oxygen atoms in total. The van der Waals surface area contributed by atoms with Gasteiger partial charge in [0.25, 0.3) is 0 Å². The van der Waals surface area contributed by atoms with Crippen molar-refractivity contribution in [2.75, 3.05) is 31.6 Å². The number of nitrogens with one attached hydrogen (secondary N) is 2. The first-order valence-corrected chi connectivity index (χ1v) is 7.81. The Bertz CT molecular complexity index is 313. The van der Waals surface area contributed by atoms with Gasteiger partial charge >= 0.3 is 0 Å². The number of carbonyl (C=O) groups is 1. The van der Waals surface area contributed by atoms with Gasteiger partial charge in [0.1, 0.15) is 0 Å². The van der Waals surface area contributed by atoms with Crippen molar-refractivity contribution in [3.63, 3.8) is 0 Å². The van der Waals surface area contributed by atoms with Gasteiger partial charge in [0.05, 0.1) is 11.5 Å². The van der Waals surface area contributed by atoms with Crippen LogP contribution >= 0.6 is 0 Å². The third-order valence-corrected chi connectivity index (χ3v) is 4.15. The fourth-order valence-corrected chi connectivity index (χ4v) is 3.10. The van der Waals surface area contributed by atoms with Crippen LogP contribution in [0.15, 0.2) is 0 Å². The molecule has 0 saturated carbocycles. The third-order valence-electron chi connectivity index (χ3n) is 2.15. The van der Waals surface area contributed by atoms with Crippen molar-refractivity contribution in [3.05, 3.63) is 0 Å². The summed E-state index contributed by atoms with van der Waals surface area (Å²) in [6.07, 6.45) is 0.912. The van der Waals surface area contributed by atoms with Crippen LogP contribution in [0.4, 0.5) is 0 Å². The van der Waals surface area contributed by atoms with E-state index in [0.717, 1.165) is 13.0 Å². The zero-order valence-electron chi connectivity index (χ0n) is 11.0. The fourth-order valence-electron chi connectivity index (χ4n) is 1.42. The van der Waals surface area contributed by atoms with Crippen LogP contribution < -0.4 is 10.6 Å². The summed E-state index contributed by atoms with van der Waals surface area (Å²) < 4.78 is 23.1. The lowest BCUT2D eigenvalue weighted by Gasteiger charge is -2.07. The van der Waals surface area contributed by atoms with E-state index in [-0.39, 0.29) is 29.8 Å². The minimum absolute atomic E-state index is 0.0525. The maximum absolute atomic E-state index is 11.5. The number of carbonyl (C=O) groups excluding carboxylic acids is 1. The van der Waals surface area contributed by atoms with Crippen molar-refractivity contribution in [2.24, 2.45) is 5.92 Å². The van der Waals surface area contributed by atoms with Gasteiger partial charge in [-0.2, -0.15) is 0 Å². The van der Waals surface area contributed by atoms with Crippen LogP contribution in [0.25, 0.3) is 0 Å². The second-order valence-corrected chi connectivity index (χ2v) is 6.79. The molecule has 0 aromatic heterocycles. The summed E-state index contributed by atoms with van der Waals surface area (Å²) in [6.45, 7) is 5.14. The molecule has 102 valence electrons. The average Bonchev–Trinajstić information content (AvgIpc) is 2.20. The van der Waals surface area contributed by atoms with Gasteiger partial charge in [0.15, 0.2) is 9.84 Å². The first-order chi connectivity index (χ1) is 7.87. The van der Waals surface area contributed by atoms with Crippen LogP contribution in [-0.2, 0) is 14.6 Å². The highest BCUT2D eigenvalue weighted by atomic mass is 32.2. The van der Waals surface area contributed by atoms with E-state index in [1.165, 1.54) is 0 Å². The van der Waals surface area contributed by atoms with Crippen LogP contribution in [0.2, 0.25) is 0 Å². The van der Waals surface area contributed by atoms with Gasteiger partial charge in [-0.25, -0.2) is 8.42 Å². The van der Waals surface area contributed by atoms with Crippen LogP contribution in [0, 0.1) is 5.92 Å². The Balaban J connectivity index is 3.76. The molecule has 0 aromatic carbocycles. The van der Waals surface area contributed by atoms with Gasteiger partial charge in [-0.3, -0.25) is 4.79 Å². The highest BCUT2D eigenvalue weighted by Gasteiger charge is 2.14. The largest absolute Gasteiger partial charge is 0.356 e. The lowest BCUT2D eigenvalue weighted by molar-refractivity contribution is -0.120. The molecule has 0 bridgehead atoms. The highest BCUT2D eigenvalue weighted by Crippen LogP contribution is 2.02. The Labute approximate surface area is 104 Å². The lowest BCUT2D eigenvalue weighted by Crippen LogP contribution is -2.29. The zero-order valence-corrected chi connectivity index (χ0v) is 11.8. The molecular weight excluding hydrogens is 240 g/mol. The van der Waals surface area contributed by atoms with Crippen molar-refractivity contribution >= 4 is 15.7 Å². The molecule has 0 aliphatic rings. The van der Waals surface area contributed by atoms with Crippen LogP contribution in [-0.4, -0.2) is 46.0 Å². The third kappa shape index (κ3) is 10.3. The van der Waals surface area contributed by atoms with Crippen LogP contribution in [0.5, 0.6) is 0 Å². The minimum atomic E-state index is -3.08. The van der Waals surface area contributed by atoms with Gasteiger partial charge in [-0.15, -0.1) is 0 Å². The van der Waals surface area contributed by atoms with E-state index >= 15 is 0 Å². The van der Waals surface area contributed by atoms with E-state index in [2.05, 4.69) is 10.6 Å². The van der Waals surface area contributed by atoms with E-state index in [4.69, 9.17) is 0 Å². The van der Waals surface area contributed by atoms with Crippen molar-refractivity contribution in [3.8, 4) is 0 Å². The van der Waals surface area contributed by atoms with Gasteiger partial charge in [0, 0.05) is 13.0 Å². The van der Waals surface area contributed by atoms with E-state index in [1.807, 2.05) is 20.9 Å². The molecule has 17 heavy (non-hydrogen) atoms. The Kier molecular flexibility index (Phi) is 8.16. The Morgan fingerprint density at radius 3 is 2.41 bits per heavy atom. The molecule has 0 unspecified atom stereocenters. The molecule has 6 heteroatoms. The zero-order chi connectivity index (χ0) is 13.3. The molecule has 0 saturated heterocycles. The first kappa shape index (κ1) is 16.4. The smallest absolute Gasteiger partial charge is 0.221 e. The summed E-state index contributed by atoms with van der Waals surface area (Å²) in [5.41, 5.74) is 0. The summed E-state index contributed by atoms with van der Waals surface area (Å²) in [7, 11) is -1.24. The monoisotopic (exact) mass is 264 g/mol. The lowest BCUT2D eigenvalue weighted by atomic mass is 10.3. The van der Waals surface area contributed by atoms with E-state index in [9.17, 15) is 13.2 Å². The van der Waals surface area contributed by atoms with Crippen molar-refractivity contribution in [2.45, 2.75) is 26.7 Å². The van der Waals surface area contributed by atoms with Crippen molar-refractivity contribution in [1.82, 2.24) is 10.6 Å².